The Kier molecular flexibility index (Phi) is 9.15. The molecule has 0 atom stereocenters. The maximum Gasteiger partial charge on any atom is 0.191 e. The van der Waals surface area contributed by atoms with Crippen molar-refractivity contribution in [2.24, 2.45) is 12.0 Å². The van der Waals surface area contributed by atoms with E-state index in [0.29, 0.717) is 19.2 Å². The number of hydrogen-bond acceptors (Lipinski definition) is 5. The van der Waals surface area contributed by atoms with Crippen LogP contribution in [0.4, 0.5) is 0 Å². The molecular weight excluding hydrogens is 392 g/mol. The van der Waals surface area contributed by atoms with Crippen LogP contribution in [0.2, 0.25) is 0 Å². The van der Waals surface area contributed by atoms with Gasteiger partial charge in [-0.05, 0) is 43.9 Å². The van der Waals surface area contributed by atoms with Crippen molar-refractivity contribution in [3.05, 3.63) is 41.5 Å². The number of guanidine groups is 1. The number of nitrogens with zero attached hydrogens (tertiary/aromatic N) is 4. The Morgan fingerprint density at radius 3 is 2.58 bits per heavy atom. The highest BCUT2D eigenvalue weighted by Gasteiger charge is 2.13. The molecule has 1 aliphatic rings. The van der Waals surface area contributed by atoms with E-state index in [9.17, 15) is 0 Å². The molecule has 1 fully saturated rings. The first-order chi connectivity index (χ1) is 15.2. The lowest BCUT2D eigenvalue weighted by Gasteiger charge is -2.22. The molecular formula is C23H36N6O2. The largest absolute Gasteiger partial charge is 0.497 e. The highest BCUT2D eigenvalue weighted by atomic mass is 16.5. The van der Waals surface area contributed by atoms with Gasteiger partial charge in [0.15, 0.2) is 11.8 Å². The van der Waals surface area contributed by atoms with Crippen molar-refractivity contribution in [3.63, 3.8) is 0 Å². The molecule has 1 heterocycles. The van der Waals surface area contributed by atoms with Crippen molar-refractivity contribution in [1.82, 2.24) is 25.4 Å². The minimum atomic E-state index is 0.453. The lowest BCUT2D eigenvalue weighted by Crippen LogP contribution is -2.38. The number of rotatable bonds is 10. The van der Waals surface area contributed by atoms with E-state index in [0.717, 1.165) is 48.5 Å². The van der Waals surface area contributed by atoms with Gasteiger partial charge in [-0.2, -0.15) is 0 Å². The average molecular weight is 429 g/mol. The highest BCUT2D eigenvalue weighted by Crippen LogP contribution is 2.20. The van der Waals surface area contributed by atoms with Crippen molar-refractivity contribution in [2.45, 2.75) is 64.6 Å². The monoisotopic (exact) mass is 428 g/mol. The fourth-order valence-corrected chi connectivity index (χ4v) is 3.60. The van der Waals surface area contributed by atoms with Gasteiger partial charge in [-0.1, -0.05) is 31.4 Å². The van der Waals surface area contributed by atoms with Crippen LogP contribution in [0.3, 0.4) is 0 Å². The zero-order chi connectivity index (χ0) is 21.9. The Bertz CT molecular complexity index is 812. The first kappa shape index (κ1) is 23.1. The lowest BCUT2D eigenvalue weighted by atomic mass is 9.98. The number of benzene rings is 1. The summed E-state index contributed by atoms with van der Waals surface area (Å²) in [7, 11) is 3.64. The molecule has 0 amide bonds. The Morgan fingerprint density at radius 1 is 1.13 bits per heavy atom. The summed E-state index contributed by atoms with van der Waals surface area (Å²) in [6, 6.07) is 7.97. The number of methoxy groups -OCH3 is 1. The maximum absolute atomic E-state index is 6.03. The van der Waals surface area contributed by atoms with Crippen LogP contribution in [0.15, 0.2) is 29.3 Å². The second-order valence-corrected chi connectivity index (χ2v) is 8.00. The predicted octanol–water partition coefficient (Wildman–Crippen LogP) is 3.11. The van der Waals surface area contributed by atoms with Crippen molar-refractivity contribution in [2.75, 3.05) is 20.3 Å². The summed E-state index contributed by atoms with van der Waals surface area (Å²) >= 11 is 0. The summed E-state index contributed by atoms with van der Waals surface area (Å²) in [6.45, 7) is 4.67. The van der Waals surface area contributed by atoms with Crippen LogP contribution in [0, 0.1) is 6.92 Å². The van der Waals surface area contributed by atoms with Gasteiger partial charge in [0.25, 0.3) is 0 Å². The Hall–Kier alpha value is -2.61. The molecule has 2 aromatic rings. The number of aliphatic imine (C=N–C) groups is 1. The van der Waals surface area contributed by atoms with E-state index in [-0.39, 0.29) is 0 Å². The molecule has 8 heteroatoms. The van der Waals surface area contributed by atoms with Crippen LogP contribution in [0.1, 0.15) is 55.7 Å². The molecule has 0 aliphatic heterocycles. The standard InChI is InChI=1S/C23H36N6O2/c1-18-27-28-22(29(18)2)17-26-23(25-16-19-10-12-20(30-3)13-11-19)24-14-7-15-31-21-8-5-4-6-9-21/h10-13,21H,4-9,14-17H2,1-3H3,(H2,24,25,26). The van der Waals surface area contributed by atoms with Crippen molar-refractivity contribution in [3.8, 4) is 5.75 Å². The molecule has 1 aromatic heterocycles. The van der Waals surface area contributed by atoms with Gasteiger partial charge in [0, 0.05) is 20.2 Å². The summed E-state index contributed by atoms with van der Waals surface area (Å²) in [5, 5.41) is 15.1. The van der Waals surface area contributed by atoms with Gasteiger partial charge in [-0.15, -0.1) is 10.2 Å². The molecule has 1 saturated carbocycles. The third-order valence-electron chi connectivity index (χ3n) is 5.69. The quantitative estimate of drug-likeness (QED) is 0.344. The van der Waals surface area contributed by atoms with Crippen LogP contribution in [0.5, 0.6) is 5.75 Å². The predicted molar refractivity (Wildman–Crippen MR) is 122 cm³/mol. The summed E-state index contributed by atoms with van der Waals surface area (Å²) in [4.78, 5) is 4.74. The van der Waals surface area contributed by atoms with Gasteiger partial charge in [0.05, 0.1) is 26.3 Å². The summed E-state index contributed by atoms with van der Waals surface area (Å²) in [6.07, 6.45) is 7.78. The zero-order valence-electron chi connectivity index (χ0n) is 19.1. The molecule has 0 spiro atoms. The lowest BCUT2D eigenvalue weighted by molar-refractivity contribution is 0.0277. The van der Waals surface area contributed by atoms with E-state index in [1.807, 2.05) is 42.8 Å². The number of aryl methyl sites for hydroxylation is 1. The second kappa shape index (κ2) is 12.3. The summed E-state index contributed by atoms with van der Waals surface area (Å²) in [5.74, 6) is 3.37. The Labute approximate surface area is 185 Å². The minimum Gasteiger partial charge on any atom is -0.497 e. The van der Waals surface area contributed by atoms with Gasteiger partial charge in [0.1, 0.15) is 11.6 Å². The third kappa shape index (κ3) is 7.54. The molecule has 1 aromatic carbocycles. The van der Waals surface area contributed by atoms with Gasteiger partial charge < -0.3 is 24.7 Å². The topological polar surface area (TPSA) is 85.6 Å². The van der Waals surface area contributed by atoms with E-state index in [2.05, 4.69) is 20.8 Å². The molecule has 0 unspecified atom stereocenters. The van der Waals surface area contributed by atoms with Crippen molar-refractivity contribution in [1.29, 1.82) is 0 Å². The van der Waals surface area contributed by atoms with Crippen LogP contribution in [0.25, 0.3) is 0 Å². The van der Waals surface area contributed by atoms with Crippen molar-refractivity contribution >= 4 is 5.96 Å². The van der Waals surface area contributed by atoms with Crippen molar-refractivity contribution < 1.29 is 9.47 Å². The molecule has 2 N–H and O–H groups in total. The molecule has 1 aliphatic carbocycles. The third-order valence-corrected chi connectivity index (χ3v) is 5.69. The van der Waals surface area contributed by atoms with Crippen LogP contribution < -0.4 is 15.4 Å². The smallest absolute Gasteiger partial charge is 0.191 e. The zero-order valence-corrected chi connectivity index (χ0v) is 19.1. The average Bonchev–Trinajstić information content (AvgIpc) is 3.13. The van der Waals surface area contributed by atoms with Crippen LogP contribution in [-0.2, 0) is 24.9 Å². The number of nitrogens with one attached hydrogen (secondary N) is 2. The number of ether oxygens (including phenoxy) is 2. The first-order valence-electron chi connectivity index (χ1n) is 11.3. The molecule has 31 heavy (non-hydrogen) atoms. The molecule has 0 radical (unpaired) electrons. The van der Waals surface area contributed by atoms with E-state index < -0.39 is 0 Å². The fourth-order valence-electron chi connectivity index (χ4n) is 3.60. The van der Waals surface area contributed by atoms with E-state index in [1.165, 1.54) is 32.1 Å². The Balaban J connectivity index is 1.50. The van der Waals surface area contributed by atoms with Gasteiger partial charge in [-0.3, -0.25) is 0 Å². The van der Waals surface area contributed by atoms with Gasteiger partial charge in [-0.25, -0.2) is 4.99 Å². The second-order valence-electron chi connectivity index (χ2n) is 8.00. The van der Waals surface area contributed by atoms with Crippen LogP contribution in [-0.4, -0.2) is 47.1 Å². The summed E-state index contributed by atoms with van der Waals surface area (Å²) < 4.78 is 13.2. The number of aromatic nitrogens is 3. The minimum absolute atomic E-state index is 0.453. The molecule has 0 bridgehead atoms. The molecule has 170 valence electrons. The van der Waals surface area contributed by atoms with E-state index >= 15 is 0 Å². The Morgan fingerprint density at radius 2 is 1.90 bits per heavy atom. The SMILES string of the molecule is COc1ccc(CN=C(NCCCOC2CCCCC2)NCc2nnc(C)n2C)cc1. The van der Waals surface area contributed by atoms with Gasteiger partial charge in [0.2, 0.25) is 0 Å². The summed E-state index contributed by atoms with van der Waals surface area (Å²) in [5.41, 5.74) is 1.12. The fraction of sp³-hybridized carbons (Fsp3) is 0.609. The molecule has 3 rings (SSSR count). The van der Waals surface area contributed by atoms with Crippen LogP contribution >= 0.6 is 0 Å². The maximum atomic E-state index is 6.03. The molecule has 0 saturated heterocycles. The van der Waals surface area contributed by atoms with E-state index in [1.54, 1.807) is 7.11 Å². The molecule has 8 nitrogen and oxygen atoms in total. The normalized spacial score (nSPS) is 15.1. The number of hydrogen-bond donors (Lipinski definition) is 2. The van der Waals surface area contributed by atoms with Gasteiger partial charge >= 0.3 is 0 Å². The first-order valence-corrected chi connectivity index (χ1v) is 11.3. The van der Waals surface area contributed by atoms with E-state index in [4.69, 9.17) is 14.5 Å². The highest BCUT2D eigenvalue weighted by molar-refractivity contribution is 5.79.